The van der Waals surface area contributed by atoms with Crippen molar-refractivity contribution < 1.29 is 13.2 Å². The average molecular weight is 408 g/mol. The zero-order valence-electron chi connectivity index (χ0n) is 14.4. The Labute approximate surface area is 159 Å². The Hall–Kier alpha value is -1.02. The average Bonchev–Trinajstić information content (AvgIpc) is 2.53. The number of amides is 1. The number of nitrogens with zero attached hydrogens (tertiary/aromatic N) is 3. The fraction of sp³-hybridized carbons (Fsp3) is 0.562. The Balaban J connectivity index is 1.99. The first-order valence-corrected chi connectivity index (χ1v) is 10.7. The van der Waals surface area contributed by atoms with Crippen molar-refractivity contribution in [3.63, 3.8) is 0 Å². The van der Waals surface area contributed by atoms with Gasteiger partial charge >= 0.3 is 0 Å². The van der Waals surface area contributed by atoms with Crippen LogP contribution in [0.2, 0.25) is 10.0 Å². The lowest BCUT2D eigenvalue weighted by Crippen LogP contribution is -2.47. The number of rotatable bonds is 6. The van der Waals surface area contributed by atoms with E-state index in [0.29, 0.717) is 41.7 Å². The van der Waals surface area contributed by atoms with E-state index in [9.17, 15) is 13.2 Å². The summed E-state index contributed by atoms with van der Waals surface area (Å²) in [6, 6.07) is 4.69. The molecule has 0 bridgehead atoms. The van der Waals surface area contributed by atoms with E-state index in [0.717, 1.165) is 19.3 Å². The summed E-state index contributed by atoms with van der Waals surface area (Å²) in [4.78, 5) is 16.3. The molecule has 0 unspecified atom stereocenters. The standard InChI is InChI=1S/C16H23Cl2N3O3S/c1-19-8-10-20(11-9-19)16(22)4-3-7-21(25(2,23)24)15-12-13(17)5-6-14(15)18/h5-6,12H,3-4,7-11H2,1-2H3. The van der Waals surface area contributed by atoms with E-state index in [1.807, 2.05) is 11.9 Å². The predicted octanol–water partition coefficient (Wildman–Crippen LogP) is 2.31. The Kier molecular flexibility index (Phi) is 6.96. The van der Waals surface area contributed by atoms with Crippen molar-refractivity contribution in [1.29, 1.82) is 0 Å². The summed E-state index contributed by atoms with van der Waals surface area (Å²) in [5.41, 5.74) is 0.337. The van der Waals surface area contributed by atoms with Crippen LogP contribution in [0, 0.1) is 0 Å². The smallest absolute Gasteiger partial charge is 0.232 e. The number of halogens is 2. The third kappa shape index (κ3) is 5.74. The molecular weight excluding hydrogens is 385 g/mol. The number of sulfonamides is 1. The van der Waals surface area contributed by atoms with Gasteiger partial charge in [-0.2, -0.15) is 0 Å². The summed E-state index contributed by atoms with van der Waals surface area (Å²) >= 11 is 12.1. The van der Waals surface area contributed by atoms with Crippen LogP contribution in [0.3, 0.4) is 0 Å². The summed E-state index contributed by atoms with van der Waals surface area (Å²) in [6.45, 7) is 3.33. The first-order chi connectivity index (χ1) is 11.7. The molecule has 1 aromatic carbocycles. The second-order valence-corrected chi connectivity index (χ2v) is 8.97. The fourth-order valence-electron chi connectivity index (χ4n) is 2.73. The molecule has 0 aliphatic carbocycles. The van der Waals surface area contributed by atoms with Crippen LogP contribution in [-0.2, 0) is 14.8 Å². The second-order valence-electron chi connectivity index (χ2n) is 6.22. The SMILES string of the molecule is CN1CCN(C(=O)CCCN(c2cc(Cl)ccc2Cl)S(C)(=O)=O)CC1. The zero-order valence-corrected chi connectivity index (χ0v) is 16.7. The van der Waals surface area contributed by atoms with Crippen molar-refractivity contribution in [3.8, 4) is 0 Å². The Morgan fingerprint density at radius 1 is 1.20 bits per heavy atom. The molecule has 1 saturated heterocycles. The molecule has 0 spiro atoms. The fourth-order valence-corrected chi connectivity index (χ4v) is 4.13. The minimum atomic E-state index is -3.53. The molecule has 0 aromatic heterocycles. The minimum absolute atomic E-state index is 0.0544. The van der Waals surface area contributed by atoms with Gasteiger partial charge in [-0.05, 0) is 31.7 Å². The highest BCUT2D eigenvalue weighted by atomic mass is 35.5. The molecule has 25 heavy (non-hydrogen) atoms. The van der Waals surface area contributed by atoms with Gasteiger partial charge in [-0.3, -0.25) is 9.10 Å². The quantitative estimate of drug-likeness (QED) is 0.725. The molecule has 1 aromatic rings. The molecule has 1 aliphatic heterocycles. The van der Waals surface area contributed by atoms with Crippen molar-refractivity contribution in [2.45, 2.75) is 12.8 Å². The molecule has 1 aliphatic rings. The maximum atomic E-state index is 12.3. The topological polar surface area (TPSA) is 60.9 Å². The molecule has 9 heteroatoms. The first-order valence-electron chi connectivity index (χ1n) is 8.07. The van der Waals surface area contributed by atoms with E-state index in [1.165, 1.54) is 10.4 Å². The van der Waals surface area contributed by atoms with Gasteiger partial charge in [0.2, 0.25) is 15.9 Å². The van der Waals surface area contributed by atoms with Crippen LogP contribution in [0.4, 0.5) is 5.69 Å². The highest BCUT2D eigenvalue weighted by Gasteiger charge is 2.22. The number of anilines is 1. The van der Waals surface area contributed by atoms with E-state index in [-0.39, 0.29) is 12.5 Å². The van der Waals surface area contributed by atoms with Gasteiger partial charge < -0.3 is 9.80 Å². The molecule has 6 nitrogen and oxygen atoms in total. The predicted molar refractivity (Wildman–Crippen MR) is 102 cm³/mol. The van der Waals surface area contributed by atoms with Gasteiger partial charge in [-0.25, -0.2) is 8.42 Å². The third-order valence-electron chi connectivity index (χ3n) is 4.19. The number of carbonyl (C=O) groups excluding carboxylic acids is 1. The molecule has 0 saturated carbocycles. The van der Waals surface area contributed by atoms with Gasteiger partial charge in [0.15, 0.2) is 0 Å². The number of carbonyl (C=O) groups is 1. The normalized spacial score (nSPS) is 16.1. The van der Waals surface area contributed by atoms with Crippen molar-refractivity contribution in [3.05, 3.63) is 28.2 Å². The van der Waals surface area contributed by atoms with Crippen LogP contribution in [0.25, 0.3) is 0 Å². The summed E-state index contributed by atoms with van der Waals surface area (Å²) < 4.78 is 25.5. The summed E-state index contributed by atoms with van der Waals surface area (Å²) in [6.07, 6.45) is 1.83. The molecular formula is C16H23Cl2N3O3S. The maximum Gasteiger partial charge on any atom is 0.232 e. The van der Waals surface area contributed by atoms with Gasteiger partial charge in [0.05, 0.1) is 17.0 Å². The van der Waals surface area contributed by atoms with Crippen LogP contribution in [-0.4, -0.2) is 70.2 Å². The van der Waals surface area contributed by atoms with Gasteiger partial charge in [0.25, 0.3) is 0 Å². The van der Waals surface area contributed by atoms with Gasteiger partial charge in [-0.1, -0.05) is 23.2 Å². The van der Waals surface area contributed by atoms with Crippen LogP contribution in [0.5, 0.6) is 0 Å². The number of piperazine rings is 1. The molecule has 0 atom stereocenters. The number of benzene rings is 1. The summed E-state index contributed by atoms with van der Waals surface area (Å²) in [5, 5.41) is 0.710. The Morgan fingerprint density at radius 2 is 1.84 bits per heavy atom. The van der Waals surface area contributed by atoms with Gasteiger partial charge in [-0.15, -0.1) is 0 Å². The molecule has 0 N–H and O–H groups in total. The third-order valence-corrected chi connectivity index (χ3v) is 5.92. The van der Waals surface area contributed by atoms with Crippen molar-refractivity contribution in [2.75, 3.05) is 50.3 Å². The molecule has 140 valence electrons. The highest BCUT2D eigenvalue weighted by Crippen LogP contribution is 2.30. The van der Waals surface area contributed by atoms with Gasteiger partial charge in [0, 0.05) is 44.2 Å². The molecule has 1 heterocycles. The van der Waals surface area contributed by atoms with E-state index < -0.39 is 10.0 Å². The summed E-state index contributed by atoms with van der Waals surface area (Å²) in [7, 11) is -1.50. The van der Waals surface area contributed by atoms with Crippen molar-refractivity contribution >= 4 is 44.8 Å². The Morgan fingerprint density at radius 3 is 2.44 bits per heavy atom. The van der Waals surface area contributed by atoms with Crippen LogP contribution >= 0.6 is 23.2 Å². The Bertz CT molecular complexity index is 719. The minimum Gasteiger partial charge on any atom is -0.340 e. The molecule has 0 radical (unpaired) electrons. The largest absolute Gasteiger partial charge is 0.340 e. The highest BCUT2D eigenvalue weighted by molar-refractivity contribution is 7.92. The monoisotopic (exact) mass is 407 g/mol. The van der Waals surface area contributed by atoms with E-state index in [4.69, 9.17) is 23.2 Å². The first kappa shape index (κ1) is 20.3. The van der Waals surface area contributed by atoms with Crippen LogP contribution in [0.1, 0.15) is 12.8 Å². The lowest BCUT2D eigenvalue weighted by atomic mass is 10.2. The lowest BCUT2D eigenvalue weighted by molar-refractivity contribution is -0.132. The molecule has 2 rings (SSSR count). The van der Waals surface area contributed by atoms with Gasteiger partial charge in [0.1, 0.15) is 0 Å². The number of hydrogen-bond acceptors (Lipinski definition) is 4. The summed E-state index contributed by atoms with van der Waals surface area (Å²) in [5.74, 6) is 0.0544. The van der Waals surface area contributed by atoms with Crippen LogP contribution < -0.4 is 4.31 Å². The van der Waals surface area contributed by atoms with E-state index in [1.54, 1.807) is 12.1 Å². The van der Waals surface area contributed by atoms with Crippen molar-refractivity contribution in [2.24, 2.45) is 0 Å². The van der Waals surface area contributed by atoms with Crippen molar-refractivity contribution in [1.82, 2.24) is 9.80 Å². The second kappa shape index (κ2) is 8.58. The van der Waals surface area contributed by atoms with E-state index >= 15 is 0 Å². The number of likely N-dealkylation sites (N-methyl/N-ethyl adjacent to an activating group) is 1. The van der Waals surface area contributed by atoms with Crippen LogP contribution in [0.15, 0.2) is 18.2 Å². The zero-order chi connectivity index (χ0) is 18.6. The van der Waals surface area contributed by atoms with E-state index in [2.05, 4.69) is 4.90 Å². The number of hydrogen-bond donors (Lipinski definition) is 0. The molecule has 1 amide bonds. The lowest BCUT2D eigenvalue weighted by Gasteiger charge is -2.32. The maximum absolute atomic E-state index is 12.3. The molecule has 1 fully saturated rings.